The van der Waals surface area contributed by atoms with Crippen molar-refractivity contribution in [2.24, 2.45) is 5.92 Å². The van der Waals surface area contributed by atoms with Gasteiger partial charge in [-0.1, -0.05) is 18.3 Å². The molecule has 0 spiro atoms. The Balaban J connectivity index is 1.79. The molecule has 0 aliphatic carbocycles. The van der Waals surface area contributed by atoms with Crippen LogP contribution in [0.4, 0.5) is 0 Å². The first-order chi connectivity index (χ1) is 9.97. The van der Waals surface area contributed by atoms with Crippen LogP contribution in [0, 0.1) is 12.8 Å². The molecule has 5 nitrogen and oxygen atoms in total. The van der Waals surface area contributed by atoms with E-state index in [4.69, 9.17) is 0 Å². The van der Waals surface area contributed by atoms with Crippen molar-refractivity contribution in [2.75, 3.05) is 19.6 Å². The molecule has 1 amide bonds. The Kier molecular flexibility index (Phi) is 5.58. The first kappa shape index (κ1) is 16.2. The highest BCUT2D eigenvalue weighted by Gasteiger charge is 2.21. The topological polar surface area (TPSA) is 54.3 Å². The van der Waals surface area contributed by atoms with Gasteiger partial charge in [-0.3, -0.25) is 19.1 Å². The van der Waals surface area contributed by atoms with E-state index < -0.39 is 0 Å². The number of carbonyl (C=O) groups excluding carboxylic acids is 1. The highest BCUT2D eigenvalue weighted by atomic mass is 32.1. The Morgan fingerprint density at radius 1 is 1.57 bits per heavy atom. The molecule has 21 heavy (non-hydrogen) atoms. The van der Waals surface area contributed by atoms with E-state index in [9.17, 15) is 9.59 Å². The molecular formula is C15H25N3O2S. The van der Waals surface area contributed by atoms with Gasteiger partial charge in [-0.25, -0.2) is 0 Å². The molecule has 118 valence electrons. The van der Waals surface area contributed by atoms with Crippen LogP contribution in [-0.4, -0.2) is 41.1 Å². The molecule has 0 radical (unpaired) electrons. The third-order valence-corrected chi connectivity index (χ3v) is 5.07. The van der Waals surface area contributed by atoms with Gasteiger partial charge >= 0.3 is 4.87 Å². The van der Waals surface area contributed by atoms with Crippen molar-refractivity contribution in [3.05, 3.63) is 20.7 Å². The molecule has 1 fully saturated rings. The fourth-order valence-electron chi connectivity index (χ4n) is 2.81. The number of nitrogens with zero attached hydrogens (tertiary/aromatic N) is 2. The predicted octanol–water partition coefficient (Wildman–Crippen LogP) is 1.45. The van der Waals surface area contributed by atoms with Crippen LogP contribution in [0.15, 0.2) is 10.2 Å². The molecule has 2 rings (SSSR count). The summed E-state index contributed by atoms with van der Waals surface area (Å²) in [6.45, 7) is 9.28. The van der Waals surface area contributed by atoms with Crippen molar-refractivity contribution < 1.29 is 4.79 Å². The highest BCUT2D eigenvalue weighted by molar-refractivity contribution is 7.07. The number of hydrogen-bond donors (Lipinski definition) is 1. The third kappa shape index (κ3) is 4.41. The number of hydrogen-bond acceptors (Lipinski definition) is 4. The molecule has 1 aliphatic rings. The third-order valence-electron chi connectivity index (χ3n) is 4.18. The quantitative estimate of drug-likeness (QED) is 0.895. The monoisotopic (exact) mass is 311 g/mol. The number of nitrogens with one attached hydrogen (secondary N) is 1. The van der Waals surface area contributed by atoms with Crippen LogP contribution in [0.2, 0.25) is 0 Å². The number of carbonyl (C=O) groups is 1. The molecule has 0 saturated carbocycles. The zero-order valence-electron chi connectivity index (χ0n) is 13.1. The second kappa shape index (κ2) is 7.22. The minimum Gasteiger partial charge on any atom is -0.353 e. The van der Waals surface area contributed by atoms with Crippen molar-refractivity contribution in [2.45, 2.75) is 46.2 Å². The average Bonchev–Trinajstić information content (AvgIpc) is 2.76. The second-order valence-corrected chi connectivity index (χ2v) is 6.95. The standard InChI is InChI=1S/C15H25N3O2S/c1-11-5-4-6-17(8-11)12(2)7-16-14(19)9-18-13(3)10-21-15(18)20/h10-12H,4-9H2,1-3H3,(H,16,19). The fraction of sp³-hybridized carbons (Fsp3) is 0.733. The molecule has 1 aromatic heterocycles. The number of thiazole rings is 1. The lowest BCUT2D eigenvalue weighted by atomic mass is 9.99. The highest BCUT2D eigenvalue weighted by Crippen LogP contribution is 2.17. The first-order valence-electron chi connectivity index (χ1n) is 7.63. The summed E-state index contributed by atoms with van der Waals surface area (Å²) in [6.07, 6.45) is 2.54. The summed E-state index contributed by atoms with van der Waals surface area (Å²) >= 11 is 1.14. The smallest absolute Gasteiger partial charge is 0.307 e. The van der Waals surface area contributed by atoms with Gasteiger partial charge < -0.3 is 5.32 Å². The Morgan fingerprint density at radius 2 is 2.33 bits per heavy atom. The Morgan fingerprint density at radius 3 is 2.95 bits per heavy atom. The molecule has 0 aromatic carbocycles. The van der Waals surface area contributed by atoms with E-state index in [0.717, 1.165) is 36.0 Å². The van der Waals surface area contributed by atoms with Crippen molar-refractivity contribution in [1.29, 1.82) is 0 Å². The SMILES string of the molecule is Cc1csc(=O)n1CC(=O)NCC(C)N1CCCC(C)C1. The maximum absolute atomic E-state index is 12.0. The number of likely N-dealkylation sites (tertiary alicyclic amines) is 1. The number of aryl methyl sites for hydroxylation is 1. The van der Waals surface area contributed by atoms with Crippen LogP contribution in [0.5, 0.6) is 0 Å². The van der Waals surface area contributed by atoms with Crippen molar-refractivity contribution in [1.82, 2.24) is 14.8 Å². The summed E-state index contributed by atoms with van der Waals surface area (Å²) in [5, 5.41) is 4.74. The largest absolute Gasteiger partial charge is 0.353 e. The van der Waals surface area contributed by atoms with E-state index in [1.807, 2.05) is 6.92 Å². The maximum atomic E-state index is 12.0. The molecule has 1 saturated heterocycles. The van der Waals surface area contributed by atoms with E-state index in [2.05, 4.69) is 24.1 Å². The lowest BCUT2D eigenvalue weighted by Gasteiger charge is -2.35. The molecule has 2 unspecified atom stereocenters. The van der Waals surface area contributed by atoms with Gasteiger partial charge in [0.05, 0.1) is 0 Å². The van der Waals surface area contributed by atoms with E-state index in [-0.39, 0.29) is 17.3 Å². The molecule has 6 heteroatoms. The van der Waals surface area contributed by atoms with E-state index in [0.29, 0.717) is 12.6 Å². The van der Waals surface area contributed by atoms with Crippen molar-refractivity contribution >= 4 is 17.2 Å². The van der Waals surface area contributed by atoms with Crippen LogP contribution in [-0.2, 0) is 11.3 Å². The number of aromatic nitrogens is 1. The summed E-state index contributed by atoms with van der Waals surface area (Å²) in [6, 6.07) is 0.344. The molecule has 1 aliphatic heterocycles. The van der Waals surface area contributed by atoms with Gasteiger partial charge in [0.1, 0.15) is 6.54 Å². The Bertz CT molecular complexity index is 537. The van der Waals surface area contributed by atoms with Gasteiger partial charge in [0.15, 0.2) is 0 Å². The van der Waals surface area contributed by atoms with E-state index in [1.165, 1.54) is 17.4 Å². The van der Waals surface area contributed by atoms with Crippen LogP contribution >= 0.6 is 11.3 Å². The van der Waals surface area contributed by atoms with Gasteiger partial charge in [0, 0.05) is 30.2 Å². The van der Waals surface area contributed by atoms with E-state index >= 15 is 0 Å². The first-order valence-corrected chi connectivity index (χ1v) is 8.51. The summed E-state index contributed by atoms with van der Waals surface area (Å²) < 4.78 is 1.52. The lowest BCUT2D eigenvalue weighted by Crippen LogP contribution is -2.47. The van der Waals surface area contributed by atoms with Crippen LogP contribution in [0.1, 0.15) is 32.4 Å². The Labute approximate surface area is 130 Å². The fourth-order valence-corrected chi connectivity index (χ4v) is 3.55. The van der Waals surface area contributed by atoms with Gasteiger partial charge in [0.2, 0.25) is 5.91 Å². The number of rotatable bonds is 5. The van der Waals surface area contributed by atoms with Gasteiger partial charge in [0.25, 0.3) is 0 Å². The second-order valence-electron chi connectivity index (χ2n) is 6.12. The molecule has 0 bridgehead atoms. The predicted molar refractivity (Wildman–Crippen MR) is 85.8 cm³/mol. The van der Waals surface area contributed by atoms with E-state index in [1.54, 1.807) is 5.38 Å². The number of amides is 1. The van der Waals surface area contributed by atoms with Crippen LogP contribution < -0.4 is 10.2 Å². The molecule has 2 atom stereocenters. The van der Waals surface area contributed by atoms with Gasteiger partial charge in [-0.2, -0.15) is 0 Å². The minimum absolute atomic E-state index is 0.0689. The lowest BCUT2D eigenvalue weighted by molar-refractivity contribution is -0.122. The molecule has 2 heterocycles. The maximum Gasteiger partial charge on any atom is 0.307 e. The van der Waals surface area contributed by atoms with Crippen LogP contribution in [0.25, 0.3) is 0 Å². The zero-order chi connectivity index (χ0) is 15.4. The normalized spacial score (nSPS) is 21.2. The number of piperidine rings is 1. The molecule has 1 N–H and O–H groups in total. The van der Waals surface area contributed by atoms with Gasteiger partial charge in [-0.05, 0) is 39.2 Å². The summed E-state index contributed by atoms with van der Waals surface area (Å²) in [4.78, 5) is 25.9. The van der Waals surface area contributed by atoms with Crippen molar-refractivity contribution in [3.8, 4) is 0 Å². The van der Waals surface area contributed by atoms with Crippen LogP contribution in [0.3, 0.4) is 0 Å². The minimum atomic E-state index is -0.0875. The summed E-state index contributed by atoms with van der Waals surface area (Å²) in [5.41, 5.74) is 0.845. The Hall–Kier alpha value is -1.14. The van der Waals surface area contributed by atoms with Gasteiger partial charge in [-0.15, -0.1) is 0 Å². The average molecular weight is 311 g/mol. The zero-order valence-corrected chi connectivity index (χ0v) is 13.9. The summed E-state index contributed by atoms with van der Waals surface area (Å²) in [5.74, 6) is 0.652. The van der Waals surface area contributed by atoms with Crippen molar-refractivity contribution in [3.63, 3.8) is 0 Å². The summed E-state index contributed by atoms with van der Waals surface area (Å²) in [7, 11) is 0. The molecule has 1 aromatic rings. The molecular weight excluding hydrogens is 286 g/mol.